The van der Waals surface area contributed by atoms with E-state index < -0.39 is 0 Å². The van der Waals surface area contributed by atoms with Crippen molar-refractivity contribution < 1.29 is 9.90 Å². The Hall–Kier alpha value is -2.14. The van der Waals surface area contributed by atoms with Crippen molar-refractivity contribution in [3.63, 3.8) is 0 Å². The van der Waals surface area contributed by atoms with Crippen LogP contribution < -0.4 is 5.32 Å². The highest BCUT2D eigenvalue weighted by Crippen LogP contribution is 2.16. The van der Waals surface area contributed by atoms with Gasteiger partial charge in [-0.2, -0.15) is 5.10 Å². The van der Waals surface area contributed by atoms with E-state index in [0.29, 0.717) is 12.2 Å². The zero-order valence-corrected chi connectivity index (χ0v) is 12.0. The molecule has 0 aliphatic heterocycles. The van der Waals surface area contributed by atoms with E-state index in [1.165, 1.54) is 0 Å². The second-order valence-corrected chi connectivity index (χ2v) is 4.93. The SMILES string of the molecule is O=C(NCCCCCCO)c1cc(-c2ccccc2)n[nH]1. The van der Waals surface area contributed by atoms with Gasteiger partial charge in [0.2, 0.25) is 0 Å². The first kappa shape index (κ1) is 15.3. The van der Waals surface area contributed by atoms with E-state index in [1.807, 2.05) is 30.3 Å². The van der Waals surface area contributed by atoms with Gasteiger partial charge < -0.3 is 10.4 Å². The number of nitrogens with zero attached hydrogens (tertiary/aromatic N) is 1. The number of benzene rings is 1. The van der Waals surface area contributed by atoms with Crippen molar-refractivity contribution in [2.24, 2.45) is 0 Å². The van der Waals surface area contributed by atoms with Crippen LogP contribution in [0.15, 0.2) is 36.4 Å². The van der Waals surface area contributed by atoms with Gasteiger partial charge in [0, 0.05) is 18.7 Å². The second-order valence-electron chi connectivity index (χ2n) is 4.93. The van der Waals surface area contributed by atoms with Crippen LogP contribution in [-0.4, -0.2) is 34.4 Å². The second kappa shape index (κ2) is 8.21. The van der Waals surface area contributed by atoms with Crippen molar-refractivity contribution >= 4 is 5.91 Å². The van der Waals surface area contributed by atoms with E-state index >= 15 is 0 Å². The number of rotatable bonds is 8. The molecule has 0 spiro atoms. The van der Waals surface area contributed by atoms with Crippen molar-refractivity contribution in [2.75, 3.05) is 13.2 Å². The maximum Gasteiger partial charge on any atom is 0.269 e. The molecule has 21 heavy (non-hydrogen) atoms. The summed E-state index contributed by atoms with van der Waals surface area (Å²) < 4.78 is 0. The predicted octanol–water partition coefficient (Wildman–Crippen LogP) is 2.36. The van der Waals surface area contributed by atoms with E-state index in [-0.39, 0.29) is 12.5 Å². The summed E-state index contributed by atoms with van der Waals surface area (Å²) in [6.07, 6.45) is 3.76. The molecule has 0 aliphatic rings. The molecule has 0 saturated heterocycles. The average Bonchev–Trinajstić information content (AvgIpc) is 3.01. The van der Waals surface area contributed by atoms with Gasteiger partial charge in [0.05, 0.1) is 5.69 Å². The Kier molecular flexibility index (Phi) is 5.97. The fourth-order valence-electron chi connectivity index (χ4n) is 2.08. The molecule has 5 nitrogen and oxygen atoms in total. The Morgan fingerprint density at radius 2 is 1.90 bits per heavy atom. The summed E-state index contributed by atoms with van der Waals surface area (Å²) in [6, 6.07) is 11.5. The van der Waals surface area contributed by atoms with Crippen LogP contribution in [0.4, 0.5) is 0 Å². The monoisotopic (exact) mass is 287 g/mol. The molecule has 1 aromatic heterocycles. The van der Waals surface area contributed by atoms with Gasteiger partial charge in [0.15, 0.2) is 0 Å². The number of aromatic nitrogens is 2. The number of hydrogen-bond acceptors (Lipinski definition) is 3. The molecule has 2 aromatic rings. The van der Waals surface area contributed by atoms with Crippen LogP contribution in [-0.2, 0) is 0 Å². The minimum atomic E-state index is -0.133. The highest BCUT2D eigenvalue weighted by Gasteiger charge is 2.10. The van der Waals surface area contributed by atoms with Crippen LogP contribution in [0.5, 0.6) is 0 Å². The zero-order valence-electron chi connectivity index (χ0n) is 12.0. The molecule has 0 bridgehead atoms. The summed E-state index contributed by atoms with van der Waals surface area (Å²) in [5.41, 5.74) is 2.23. The normalized spacial score (nSPS) is 10.5. The fourth-order valence-corrected chi connectivity index (χ4v) is 2.08. The summed E-state index contributed by atoms with van der Waals surface area (Å²) in [4.78, 5) is 12.0. The number of carbonyl (C=O) groups excluding carboxylic acids is 1. The highest BCUT2D eigenvalue weighted by molar-refractivity contribution is 5.93. The molecule has 5 heteroatoms. The highest BCUT2D eigenvalue weighted by atomic mass is 16.2. The lowest BCUT2D eigenvalue weighted by Gasteiger charge is -2.02. The Morgan fingerprint density at radius 1 is 1.14 bits per heavy atom. The van der Waals surface area contributed by atoms with Crippen molar-refractivity contribution in [1.82, 2.24) is 15.5 Å². The molecule has 0 radical (unpaired) electrons. The topological polar surface area (TPSA) is 78.0 Å². The Morgan fingerprint density at radius 3 is 2.67 bits per heavy atom. The van der Waals surface area contributed by atoms with Gasteiger partial charge in [-0.3, -0.25) is 9.89 Å². The van der Waals surface area contributed by atoms with Gasteiger partial charge in [0.25, 0.3) is 5.91 Å². The summed E-state index contributed by atoms with van der Waals surface area (Å²) in [5.74, 6) is -0.133. The van der Waals surface area contributed by atoms with Gasteiger partial charge in [-0.25, -0.2) is 0 Å². The van der Waals surface area contributed by atoms with E-state index in [9.17, 15) is 4.79 Å². The first-order chi connectivity index (χ1) is 10.3. The summed E-state index contributed by atoms with van der Waals surface area (Å²) in [7, 11) is 0. The predicted molar refractivity (Wildman–Crippen MR) is 81.9 cm³/mol. The number of carbonyl (C=O) groups is 1. The van der Waals surface area contributed by atoms with Crippen molar-refractivity contribution in [3.8, 4) is 11.3 Å². The van der Waals surface area contributed by atoms with Gasteiger partial charge in [-0.1, -0.05) is 43.2 Å². The number of nitrogens with one attached hydrogen (secondary N) is 2. The molecule has 1 amide bonds. The molecular weight excluding hydrogens is 266 g/mol. The van der Waals surface area contributed by atoms with Gasteiger partial charge in [-0.15, -0.1) is 0 Å². The largest absolute Gasteiger partial charge is 0.396 e. The Labute approximate surface area is 124 Å². The molecule has 3 N–H and O–H groups in total. The molecule has 112 valence electrons. The number of aliphatic hydroxyl groups excluding tert-OH is 1. The van der Waals surface area contributed by atoms with Crippen LogP contribution in [0.2, 0.25) is 0 Å². The standard InChI is InChI=1S/C16H21N3O2/c20-11-7-2-1-6-10-17-16(21)15-12-14(18-19-15)13-8-4-3-5-9-13/h3-5,8-9,12,20H,1-2,6-7,10-11H2,(H,17,21)(H,18,19). The molecule has 2 rings (SSSR count). The number of amides is 1. The van der Waals surface area contributed by atoms with E-state index in [4.69, 9.17) is 5.11 Å². The van der Waals surface area contributed by atoms with E-state index in [1.54, 1.807) is 6.07 Å². The summed E-state index contributed by atoms with van der Waals surface area (Å²) in [5, 5.41) is 18.5. The summed E-state index contributed by atoms with van der Waals surface area (Å²) >= 11 is 0. The van der Waals surface area contributed by atoms with Gasteiger partial charge in [0.1, 0.15) is 5.69 Å². The third-order valence-corrected chi connectivity index (χ3v) is 3.26. The van der Waals surface area contributed by atoms with Crippen LogP contribution in [0.1, 0.15) is 36.2 Å². The third kappa shape index (κ3) is 4.72. The zero-order chi connectivity index (χ0) is 14.9. The van der Waals surface area contributed by atoms with E-state index in [0.717, 1.165) is 36.9 Å². The number of unbranched alkanes of at least 4 members (excludes halogenated alkanes) is 3. The fraction of sp³-hybridized carbons (Fsp3) is 0.375. The Bertz CT molecular complexity index is 552. The smallest absolute Gasteiger partial charge is 0.269 e. The molecule has 0 unspecified atom stereocenters. The van der Waals surface area contributed by atoms with Crippen LogP contribution >= 0.6 is 0 Å². The first-order valence-electron chi connectivity index (χ1n) is 7.31. The molecule has 1 heterocycles. The number of hydrogen-bond donors (Lipinski definition) is 3. The lowest BCUT2D eigenvalue weighted by Crippen LogP contribution is -2.24. The number of H-pyrrole nitrogens is 1. The van der Waals surface area contributed by atoms with Crippen LogP contribution in [0, 0.1) is 0 Å². The van der Waals surface area contributed by atoms with Crippen LogP contribution in [0.3, 0.4) is 0 Å². The third-order valence-electron chi connectivity index (χ3n) is 3.26. The quantitative estimate of drug-likeness (QED) is 0.652. The van der Waals surface area contributed by atoms with Gasteiger partial charge in [-0.05, 0) is 18.9 Å². The lowest BCUT2D eigenvalue weighted by molar-refractivity contribution is 0.0948. The molecule has 0 saturated carbocycles. The minimum absolute atomic E-state index is 0.133. The summed E-state index contributed by atoms with van der Waals surface area (Å²) in [6.45, 7) is 0.882. The number of aliphatic hydroxyl groups is 1. The average molecular weight is 287 g/mol. The van der Waals surface area contributed by atoms with Crippen molar-refractivity contribution in [1.29, 1.82) is 0 Å². The van der Waals surface area contributed by atoms with Crippen LogP contribution in [0.25, 0.3) is 11.3 Å². The molecule has 0 fully saturated rings. The van der Waals surface area contributed by atoms with E-state index in [2.05, 4.69) is 15.5 Å². The first-order valence-corrected chi connectivity index (χ1v) is 7.31. The van der Waals surface area contributed by atoms with Crippen molar-refractivity contribution in [3.05, 3.63) is 42.1 Å². The Balaban J connectivity index is 1.80. The van der Waals surface area contributed by atoms with Crippen molar-refractivity contribution in [2.45, 2.75) is 25.7 Å². The maximum absolute atomic E-state index is 12.0. The molecule has 0 atom stereocenters. The number of aromatic amines is 1. The molecule has 0 aliphatic carbocycles. The molecular formula is C16H21N3O2. The maximum atomic E-state index is 12.0. The molecule has 1 aromatic carbocycles. The minimum Gasteiger partial charge on any atom is -0.396 e. The van der Waals surface area contributed by atoms with Gasteiger partial charge >= 0.3 is 0 Å². The lowest BCUT2D eigenvalue weighted by atomic mass is 10.1.